The molecular weight excluding hydrogens is 182 g/mol. The maximum Gasteiger partial charge on any atom is 0.00703 e. The van der Waals surface area contributed by atoms with E-state index < -0.39 is 0 Å². The predicted octanol–water partition coefficient (Wildman–Crippen LogP) is 3.06. The van der Waals surface area contributed by atoms with Crippen molar-refractivity contribution in [3.8, 4) is 0 Å². The highest BCUT2D eigenvalue weighted by Crippen LogP contribution is 2.30. The summed E-state index contributed by atoms with van der Waals surface area (Å²) < 4.78 is 0. The highest BCUT2D eigenvalue weighted by Gasteiger charge is 2.23. The summed E-state index contributed by atoms with van der Waals surface area (Å²) in [6.45, 7) is 2.15. The number of aryl methyl sites for hydroxylation is 2. The van der Waals surface area contributed by atoms with Crippen molar-refractivity contribution in [3.05, 3.63) is 35.4 Å². The van der Waals surface area contributed by atoms with E-state index in [9.17, 15) is 0 Å². The van der Waals surface area contributed by atoms with E-state index in [0.717, 1.165) is 18.8 Å². The van der Waals surface area contributed by atoms with E-state index in [1.165, 1.54) is 30.4 Å². The molecule has 0 aromatic heterocycles. The van der Waals surface area contributed by atoms with Crippen LogP contribution in [0.5, 0.6) is 0 Å². The second-order valence-electron chi connectivity index (χ2n) is 4.88. The van der Waals surface area contributed by atoms with Gasteiger partial charge in [-0.3, -0.25) is 0 Å². The fourth-order valence-electron chi connectivity index (χ4n) is 2.30. The van der Waals surface area contributed by atoms with Gasteiger partial charge in [0.2, 0.25) is 0 Å². The van der Waals surface area contributed by atoms with Crippen LogP contribution in [0.15, 0.2) is 24.3 Å². The van der Waals surface area contributed by atoms with Gasteiger partial charge in [-0.2, -0.15) is 0 Å². The number of rotatable bonds is 4. The summed E-state index contributed by atoms with van der Waals surface area (Å²) in [5.41, 5.74) is 8.95. The average molecular weight is 203 g/mol. The zero-order chi connectivity index (χ0) is 10.7. The number of hydrogen-bond acceptors (Lipinski definition) is 1. The van der Waals surface area contributed by atoms with E-state index in [1.54, 1.807) is 0 Å². The highest BCUT2D eigenvalue weighted by atomic mass is 14.7. The van der Waals surface area contributed by atoms with Crippen LogP contribution in [-0.4, -0.2) is 6.04 Å². The fourth-order valence-corrected chi connectivity index (χ4v) is 2.30. The van der Waals surface area contributed by atoms with Gasteiger partial charge < -0.3 is 5.73 Å². The Kier molecular flexibility index (Phi) is 3.42. The summed E-state index contributed by atoms with van der Waals surface area (Å²) in [6, 6.07) is 9.20. The Balaban J connectivity index is 1.81. The van der Waals surface area contributed by atoms with Gasteiger partial charge >= 0.3 is 0 Å². The first kappa shape index (κ1) is 10.7. The van der Waals surface area contributed by atoms with Crippen LogP contribution in [0.25, 0.3) is 0 Å². The molecular formula is C14H21N. The van der Waals surface area contributed by atoms with Crippen molar-refractivity contribution in [1.29, 1.82) is 0 Å². The minimum Gasteiger partial charge on any atom is -0.327 e. The number of nitrogens with two attached hydrogens (primary N) is 1. The molecule has 1 aromatic carbocycles. The lowest BCUT2D eigenvalue weighted by atomic mass is 9.78. The Hall–Kier alpha value is -0.820. The summed E-state index contributed by atoms with van der Waals surface area (Å²) in [5, 5.41) is 0. The van der Waals surface area contributed by atoms with Gasteiger partial charge in [0, 0.05) is 6.04 Å². The molecule has 82 valence electrons. The molecule has 0 heterocycles. The Bertz CT molecular complexity index is 315. The summed E-state index contributed by atoms with van der Waals surface area (Å²) in [4.78, 5) is 0. The van der Waals surface area contributed by atoms with Gasteiger partial charge in [-0.25, -0.2) is 0 Å². The van der Waals surface area contributed by atoms with Crippen LogP contribution in [0.3, 0.4) is 0 Å². The Labute approximate surface area is 92.7 Å². The third-order valence-corrected chi connectivity index (χ3v) is 3.60. The third kappa shape index (κ3) is 2.82. The molecule has 0 radical (unpaired) electrons. The van der Waals surface area contributed by atoms with Crippen LogP contribution in [0.1, 0.15) is 36.8 Å². The topological polar surface area (TPSA) is 26.0 Å². The van der Waals surface area contributed by atoms with E-state index in [0.29, 0.717) is 6.04 Å². The molecule has 0 bridgehead atoms. The standard InChI is InChI=1S/C14H21N/c1-11-4-2-5-12(10-11)8-9-14(15)13-6-3-7-13/h2,4-5,10,13-14H,3,6-9,15H2,1H3. The fraction of sp³-hybridized carbons (Fsp3) is 0.571. The summed E-state index contributed by atoms with van der Waals surface area (Å²) in [5.74, 6) is 0.815. The van der Waals surface area contributed by atoms with Crippen molar-refractivity contribution in [2.45, 2.75) is 45.1 Å². The predicted molar refractivity (Wildman–Crippen MR) is 64.8 cm³/mol. The molecule has 1 aromatic rings. The monoisotopic (exact) mass is 203 g/mol. The van der Waals surface area contributed by atoms with Crippen molar-refractivity contribution in [1.82, 2.24) is 0 Å². The SMILES string of the molecule is Cc1cccc(CCC(N)C2CCC2)c1. The molecule has 15 heavy (non-hydrogen) atoms. The van der Waals surface area contributed by atoms with Crippen molar-refractivity contribution < 1.29 is 0 Å². The van der Waals surface area contributed by atoms with E-state index in [4.69, 9.17) is 5.73 Å². The van der Waals surface area contributed by atoms with E-state index in [2.05, 4.69) is 31.2 Å². The quantitative estimate of drug-likeness (QED) is 0.799. The smallest absolute Gasteiger partial charge is 0.00703 e. The molecule has 1 unspecified atom stereocenters. The van der Waals surface area contributed by atoms with Crippen molar-refractivity contribution in [2.24, 2.45) is 11.7 Å². The first-order chi connectivity index (χ1) is 7.25. The zero-order valence-electron chi connectivity index (χ0n) is 9.58. The highest BCUT2D eigenvalue weighted by molar-refractivity contribution is 5.22. The molecule has 1 saturated carbocycles. The minimum absolute atomic E-state index is 0.430. The maximum atomic E-state index is 6.16. The third-order valence-electron chi connectivity index (χ3n) is 3.60. The summed E-state index contributed by atoms with van der Waals surface area (Å²) in [6.07, 6.45) is 6.39. The maximum absolute atomic E-state index is 6.16. The molecule has 1 heteroatoms. The van der Waals surface area contributed by atoms with Crippen LogP contribution < -0.4 is 5.73 Å². The van der Waals surface area contributed by atoms with E-state index in [1.807, 2.05) is 0 Å². The van der Waals surface area contributed by atoms with Gasteiger partial charge in [0.1, 0.15) is 0 Å². The van der Waals surface area contributed by atoms with Crippen LogP contribution in [0, 0.1) is 12.8 Å². The Morgan fingerprint density at radius 3 is 2.80 bits per heavy atom. The molecule has 0 aliphatic heterocycles. The van der Waals surface area contributed by atoms with E-state index in [-0.39, 0.29) is 0 Å². The van der Waals surface area contributed by atoms with Crippen molar-refractivity contribution in [2.75, 3.05) is 0 Å². The summed E-state index contributed by atoms with van der Waals surface area (Å²) in [7, 11) is 0. The molecule has 2 N–H and O–H groups in total. The van der Waals surface area contributed by atoms with Crippen LogP contribution in [-0.2, 0) is 6.42 Å². The molecule has 0 amide bonds. The largest absolute Gasteiger partial charge is 0.327 e. The minimum atomic E-state index is 0.430. The number of hydrogen-bond donors (Lipinski definition) is 1. The molecule has 1 aliphatic rings. The first-order valence-corrected chi connectivity index (χ1v) is 6.07. The van der Waals surface area contributed by atoms with Crippen molar-refractivity contribution >= 4 is 0 Å². The van der Waals surface area contributed by atoms with Crippen LogP contribution in [0.4, 0.5) is 0 Å². The molecule has 2 rings (SSSR count). The summed E-state index contributed by atoms with van der Waals surface area (Å²) >= 11 is 0. The molecule has 0 spiro atoms. The molecule has 0 saturated heterocycles. The van der Waals surface area contributed by atoms with Crippen LogP contribution in [0.2, 0.25) is 0 Å². The number of benzene rings is 1. The lowest BCUT2D eigenvalue weighted by Gasteiger charge is -2.31. The van der Waals surface area contributed by atoms with Gasteiger partial charge in [-0.05, 0) is 44.1 Å². The Morgan fingerprint density at radius 2 is 2.20 bits per heavy atom. The molecule has 1 atom stereocenters. The van der Waals surface area contributed by atoms with Gasteiger partial charge in [-0.15, -0.1) is 0 Å². The molecule has 1 aliphatic carbocycles. The molecule has 1 nitrogen and oxygen atoms in total. The Morgan fingerprint density at radius 1 is 1.40 bits per heavy atom. The first-order valence-electron chi connectivity index (χ1n) is 6.07. The molecule has 1 fully saturated rings. The second kappa shape index (κ2) is 4.80. The lowest BCUT2D eigenvalue weighted by molar-refractivity contribution is 0.253. The van der Waals surface area contributed by atoms with Gasteiger partial charge in [0.05, 0.1) is 0 Å². The zero-order valence-corrected chi connectivity index (χ0v) is 9.58. The lowest BCUT2D eigenvalue weighted by Crippen LogP contribution is -2.34. The normalized spacial score (nSPS) is 18.5. The van der Waals surface area contributed by atoms with Gasteiger partial charge in [0.15, 0.2) is 0 Å². The van der Waals surface area contributed by atoms with Crippen LogP contribution >= 0.6 is 0 Å². The average Bonchev–Trinajstić information content (AvgIpc) is 2.12. The van der Waals surface area contributed by atoms with Crippen molar-refractivity contribution in [3.63, 3.8) is 0 Å². The van der Waals surface area contributed by atoms with Gasteiger partial charge in [0.25, 0.3) is 0 Å². The van der Waals surface area contributed by atoms with Gasteiger partial charge in [-0.1, -0.05) is 36.2 Å². The second-order valence-corrected chi connectivity index (χ2v) is 4.88. The van der Waals surface area contributed by atoms with E-state index >= 15 is 0 Å².